The quantitative estimate of drug-likeness (QED) is 0.662. The van der Waals surface area contributed by atoms with Crippen molar-refractivity contribution in [1.29, 1.82) is 0 Å². The molecule has 30 heavy (non-hydrogen) atoms. The molecule has 4 rings (SSSR count). The number of benzene rings is 1. The zero-order valence-electron chi connectivity index (χ0n) is 18.5. The van der Waals surface area contributed by atoms with E-state index in [-0.39, 0.29) is 12.0 Å². The third kappa shape index (κ3) is 4.56. The summed E-state index contributed by atoms with van der Waals surface area (Å²) in [5, 5.41) is 3.10. The van der Waals surface area contributed by atoms with Crippen LogP contribution in [0.25, 0.3) is 0 Å². The number of carbonyl (C=O) groups is 1. The molecule has 1 saturated heterocycles. The molecule has 1 atom stereocenters. The Bertz CT molecular complexity index is 890. The number of rotatable bonds is 6. The average molecular weight is 411 g/mol. The van der Waals surface area contributed by atoms with Crippen LogP contribution < -0.4 is 10.1 Å². The molecule has 1 amide bonds. The first kappa shape index (κ1) is 21.0. The van der Waals surface area contributed by atoms with E-state index in [9.17, 15) is 4.79 Å². The van der Waals surface area contributed by atoms with Gasteiger partial charge in [0.15, 0.2) is 0 Å². The first-order chi connectivity index (χ1) is 14.5. The molecular formula is C25H34N2O3. The number of anilines is 1. The molecule has 162 valence electrons. The summed E-state index contributed by atoms with van der Waals surface area (Å²) < 4.78 is 14.1. The van der Waals surface area contributed by atoms with Gasteiger partial charge in [0.2, 0.25) is 0 Å². The largest absolute Gasteiger partial charge is 0.489 e. The Morgan fingerprint density at radius 1 is 1.10 bits per heavy atom. The minimum absolute atomic E-state index is 0.0732. The van der Waals surface area contributed by atoms with Gasteiger partial charge in [0, 0.05) is 24.0 Å². The molecule has 1 unspecified atom stereocenters. The van der Waals surface area contributed by atoms with Crippen molar-refractivity contribution < 1.29 is 14.3 Å². The van der Waals surface area contributed by atoms with Gasteiger partial charge in [0.05, 0.1) is 17.4 Å². The zero-order chi connectivity index (χ0) is 21.1. The van der Waals surface area contributed by atoms with E-state index in [4.69, 9.17) is 9.47 Å². The molecule has 1 aliphatic carbocycles. The summed E-state index contributed by atoms with van der Waals surface area (Å²) in [5.41, 5.74) is 4.80. The Morgan fingerprint density at radius 3 is 2.63 bits per heavy atom. The Balaban J connectivity index is 1.51. The van der Waals surface area contributed by atoms with Gasteiger partial charge in [-0.2, -0.15) is 0 Å². The first-order valence-electron chi connectivity index (χ1n) is 11.4. The van der Waals surface area contributed by atoms with Gasteiger partial charge >= 0.3 is 0 Å². The van der Waals surface area contributed by atoms with Gasteiger partial charge in [-0.3, -0.25) is 4.79 Å². The minimum Gasteiger partial charge on any atom is -0.489 e. The maximum Gasteiger partial charge on any atom is 0.257 e. The van der Waals surface area contributed by atoms with Crippen molar-refractivity contribution in [3.05, 3.63) is 46.8 Å². The lowest BCUT2D eigenvalue weighted by Gasteiger charge is -2.26. The van der Waals surface area contributed by atoms with Crippen LogP contribution in [0.2, 0.25) is 0 Å². The van der Waals surface area contributed by atoms with Crippen molar-refractivity contribution in [2.45, 2.75) is 77.9 Å². The fourth-order valence-electron chi connectivity index (χ4n) is 4.91. The van der Waals surface area contributed by atoms with Crippen LogP contribution in [0, 0.1) is 20.8 Å². The third-order valence-electron chi connectivity index (χ3n) is 6.50. The van der Waals surface area contributed by atoms with Gasteiger partial charge in [-0.15, -0.1) is 0 Å². The number of ether oxygens (including phenoxy) is 2. The molecule has 0 bridgehead atoms. The second-order valence-corrected chi connectivity index (χ2v) is 8.85. The summed E-state index contributed by atoms with van der Waals surface area (Å²) in [6.45, 7) is 7.54. The van der Waals surface area contributed by atoms with E-state index in [1.807, 2.05) is 31.2 Å². The molecule has 5 heteroatoms. The van der Waals surface area contributed by atoms with Gasteiger partial charge in [-0.1, -0.05) is 25.3 Å². The molecule has 2 aromatic rings. The lowest BCUT2D eigenvalue weighted by Crippen LogP contribution is -2.19. The van der Waals surface area contributed by atoms with Crippen molar-refractivity contribution in [3.8, 4) is 5.75 Å². The van der Waals surface area contributed by atoms with Crippen molar-refractivity contribution in [2.24, 2.45) is 0 Å². The number of amides is 1. The highest BCUT2D eigenvalue weighted by Gasteiger charge is 2.23. The Hall–Kier alpha value is -2.27. The van der Waals surface area contributed by atoms with Crippen LogP contribution in [-0.4, -0.2) is 29.8 Å². The van der Waals surface area contributed by atoms with E-state index >= 15 is 0 Å². The Kier molecular flexibility index (Phi) is 6.47. The number of aromatic nitrogens is 1. The van der Waals surface area contributed by atoms with E-state index in [0.29, 0.717) is 24.1 Å². The fourth-order valence-corrected chi connectivity index (χ4v) is 4.91. The standard InChI is InChI=1S/C25H34N2O3/c1-17-11-12-23(24(14-17)30-16-21-10-7-13-29-21)26-25(28)22-15-18(2)27(19(22)3)20-8-5-4-6-9-20/h11-12,14-15,20-21H,4-10,13,16H2,1-3H3,(H,26,28). The molecule has 1 N–H and O–H groups in total. The highest BCUT2D eigenvalue weighted by molar-refractivity contribution is 6.06. The SMILES string of the molecule is Cc1ccc(NC(=O)c2cc(C)n(C3CCCCC3)c2C)c(OCC2CCCO2)c1. The predicted octanol–water partition coefficient (Wildman–Crippen LogP) is 5.73. The molecule has 2 fully saturated rings. The molecule has 1 aliphatic heterocycles. The normalized spacial score (nSPS) is 19.8. The number of aryl methyl sites for hydroxylation is 2. The molecule has 1 aromatic heterocycles. The molecule has 1 saturated carbocycles. The van der Waals surface area contributed by atoms with Crippen LogP contribution in [0.15, 0.2) is 24.3 Å². The van der Waals surface area contributed by atoms with Crippen molar-refractivity contribution in [3.63, 3.8) is 0 Å². The number of nitrogens with one attached hydrogen (secondary N) is 1. The summed E-state index contributed by atoms with van der Waals surface area (Å²) in [5.74, 6) is 0.635. The number of hydrogen-bond donors (Lipinski definition) is 1. The molecule has 2 aliphatic rings. The number of hydrogen-bond acceptors (Lipinski definition) is 3. The van der Waals surface area contributed by atoms with Crippen molar-refractivity contribution in [2.75, 3.05) is 18.5 Å². The summed E-state index contributed by atoms with van der Waals surface area (Å²) in [7, 11) is 0. The lowest BCUT2D eigenvalue weighted by molar-refractivity contribution is 0.0681. The van der Waals surface area contributed by atoms with Gasteiger partial charge in [-0.25, -0.2) is 0 Å². The molecule has 2 heterocycles. The number of carbonyl (C=O) groups excluding carboxylic acids is 1. The monoisotopic (exact) mass is 410 g/mol. The van der Waals surface area contributed by atoms with E-state index in [1.54, 1.807) is 0 Å². The van der Waals surface area contributed by atoms with Gasteiger partial charge in [-0.05, 0) is 70.2 Å². The highest BCUT2D eigenvalue weighted by Crippen LogP contribution is 2.33. The van der Waals surface area contributed by atoms with Crippen molar-refractivity contribution >= 4 is 11.6 Å². The maximum absolute atomic E-state index is 13.2. The summed E-state index contributed by atoms with van der Waals surface area (Å²) >= 11 is 0. The second kappa shape index (κ2) is 9.25. The highest BCUT2D eigenvalue weighted by atomic mass is 16.5. The van der Waals surface area contributed by atoms with Crippen LogP contribution in [-0.2, 0) is 4.74 Å². The molecular weight excluding hydrogens is 376 g/mol. The lowest BCUT2D eigenvalue weighted by atomic mass is 9.95. The van der Waals surface area contributed by atoms with Gasteiger partial charge < -0.3 is 19.4 Å². The Morgan fingerprint density at radius 2 is 1.90 bits per heavy atom. The van der Waals surface area contributed by atoms with Crippen LogP contribution in [0.4, 0.5) is 5.69 Å². The first-order valence-corrected chi connectivity index (χ1v) is 11.4. The topological polar surface area (TPSA) is 52.5 Å². The molecule has 0 spiro atoms. The smallest absolute Gasteiger partial charge is 0.257 e. The minimum atomic E-state index is -0.0732. The summed E-state index contributed by atoms with van der Waals surface area (Å²) in [6, 6.07) is 8.46. The van der Waals surface area contributed by atoms with Crippen LogP contribution in [0.1, 0.15) is 78.3 Å². The van der Waals surface area contributed by atoms with Gasteiger partial charge in [0.1, 0.15) is 12.4 Å². The molecule has 0 radical (unpaired) electrons. The van der Waals surface area contributed by atoms with Crippen LogP contribution in [0.3, 0.4) is 0 Å². The van der Waals surface area contributed by atoms with E-state index < -0.39 is 0 Å². The Labute approximate surface area is 179 Å². The summed E-state index contributed by atoms with van der Waals surface area (Å²) in [6.07, 6.45) is 8.54. The van der Waals surface area contributed by atoms with Crippen LogP contribution >= 0.6 is 0 Å². The zero-order valence-corrected chi connectivity index (χ0v) is 18.5. The van der Waals surface area contributed by atoms with E-state index in [0.717, 1.165) is 36.3 Å². The van der Waals surface area contributed by atoms with E-state index in [1.165, 1.54) is 37.8 Å². The second-order valence-electron chi connectivity index (χ2n) is 8.85. The van der Waals surface area contributed by atoms with Crippen LogP contribution in [0.5, 0.6) is 5.75 Å². The molecule has 1 aromatic carbocycles. The predicted molar refractivity (Wildman–Crippen MR) is 120 cm³/mol. The third-order valence-corrected chi connectivity index (χ3v) is 6.50. The van der Waals surface area contributed by atoms with Gasteiger partial charge in [0.25, 0.3) is 5.91 Å². The van der Waals surface area contributed by atoms with Crippen molar-refractivity contribution in [1.82, 2.24) is 4.57 Å². The van der Waals surface area contributed by atoms with E-state index in [2.05, 4.69) is 23.7 Å². The fraction of sp³-hybridized carbons (Fsp3) is 0.560. The molecule has 5 nitrogen and oxygen atoms in total. The average Bonchev–Trinajstić information content (AvgIpc) is 3.36. The summed E-state index contributed by atoms with van der Waals surface area (Å²) in [4.78, 5) is 13.2. The maximum atomic E-state index is 13.2. The number of nitrogens with zero attached hydrogens (tertiary/aromatic N) is 1.